The summed E-state index contributed by atoms with van der Waals surface area (Å²) in [4.78, 5) is 34.4. The van der Waals surface area contributed by atoms with E-state index in [0.29, 0.717) is 5.56 Å². The van der Waals surface area contributed by atoms with Gasteiger partial charge < -0.3 is 14.8 Å². The quantitative estimate of drug-likeness (QED) is 0.483. The summed E-state index contributed by atoms with van der Waals surface area (Å²) in [5.74, 6) is -1.00. The fraction of sp³-hybridized carbons (Fsp3) is 0.222. The lowest BCUT2D eigenvalue weighted by Gasteiger charge is -2.11. The van der Waals surface area contributed by atoms with Crippen molar-refractivity contribution in [3.63, 3.8) is 0 Å². The van der Waals surface area contributed by atoms with Crippen LogP contribution in [0, 0.1) is 24.0 Å². The molecule has 0 aliphatic heterocycles. The monoisotopic (exact) mass is 358 g/mol. The first-order valence-electron chi connectivity index (χ1n) is 7.68. The Labute approximate surface area is 149 Å². The summed E-state index contributed by atoms with van der Waals surface area (Å²) in [5, 5.41) is 13.3. The largest absolute Gasteiger partial charge is 0.495 e. The Morgan fingerprint density at radius 3 is 2.50 bits per heavy atom. The Balaban J connectivity index is 2.03. The summed E-state index contributed by atoms with van der Waals surface area (Å²) in [6.07, 6.45) is 0. The third-order valence-electron chi connectivity index (χ3n) is 3.60. The van der Waals surface area contributed by atoms with Crippen LogP contribution < -0.4 is 10.1 Å². The van der Waals surface area contributed by atoms with Gasteiger partial charge in [-0.3, -0.25) is 14.9 Å². The maximum Gasteiger partial charge on any atom is 0.338 e. The van der Waals surface area contributed by atoms with Crippen molar-refractivity contribution < 1.29 is 24.0 Å². The SMILES string of the molecule is COc1ccc([N+](=O)[O-])cc1NC(=O)COC(=O)c1ccc(C)cc1C. The molecule has 0 aromatic heterocycles. The number of hydrogen-bond acceptors (Lipinski definition) is 6. The zero-order valence-electron chi connectivity index (χ0n) is 14.6. The second kappa shape index (κ2) is 8.11. The van der Waals surface area contributed by atoms with Crippen molar-refractivity contribution in [2.45, 2.75) is 13.8 Å². The van der Waals surface area contributed by atoms with Crippen molar-refractivity contribution in [3.05, 3.63) is 63.2 Å². The van der Waals surface area contributed by atoms with E-state index in [1.165, 1.54) is 25.3 Å². The smallest absolute Gasteiger partial charge is 0.338 e. The second-order valence-electron chi connectivity index (χ2n) is 5.58. The number of non-ortho nitro benzene ring substituents is 1. The molecule has 2 aromatic rings. The molecule has 0 fully saturated rings. The van der Waals surface area contributed by atoms with Gasteiger partial charge in [0.05, 0.1) is 23.3 Å². The maximum absolute atomic E-state index is 12.1. The van der Waals surface area contributed by atoms with Crippen LogP contribution in [0.5, 0.6) is 5.75 Å². The lowest BCUT2D eigenvalue weighted by Crippen LogP contribution is -2.21. The standard InChI is InChI=1S/C18H18N2O6/c1-11-4-6-14(12(2)8-11)18(22)26-10-17(21)19-15-9-13(20(23)24)5-7-16(15)25-3/h4-9H,10H2,1-3H3,(H,19,21). The van der Waals surface area contributed by atoms with Crippen molar-refractivity contribution in [1.82, 2.24) is 0 Å². The summed E-state index contributed by atoms with van der Waals surface area (Å²) < 4.78 is 10.1. The minimum absolute atomic E-state index is 0.120. The van der Waals surface area contributed by atoms with Crippen LogP contribution in [0.1, 0.15) is 21.5 Å². The van der Waals surface area contributed by atoms with Crippen LogP contribution in [0.2, 0.25) is 0 Å². The highest BCUT2D eigenvalue weighted by molar-refractivity contribution is 5.97. The first-order valence-corrected chi connectivity index (χ1v) is 7.68. The molecule has 2 rings (SSSR count). The molecule has 0 atom stereocenters. The summed E-state index contributed by atoms with van der Waals surface area (Å²) >= 11 is 0. The Kier molecular flexibility index (Phi) is 5.90. The molecule has 1 N–H and O–H groups in total. The number of rotatable bonds is 6. The Bertz CT molecular complexity index is 863. The highest BCUT2D eigenvalue weighted by Gasteiger charge is 2.16. The number of nitrogens with zero attached hydrogens (tertiary/aromatic N) is 1. The minimum atomic E-state index is -0.637. The molecule has 0 aliphatic carbocycles. The molecule has 0 saturated heterocycles. The average Bonchev–Trinajstić information content (AvgIpc) is 2.59. The zero-order chi connectivity index (χ0) is 19.3. The molecule has 0 spiro atoms. The molecule has 0 saturated carbocycles. The Morgan fingerprint density at radius 1 is 1.15 bits per heavy atom. The number of esters is 1. The number of nitro benzene ring substituents is 1. The van der Waals surface area contributed by atoms with Gasteiger partial charge in [0.2, 0.25) is 0 Å². The van der Waals surface area contributed by atoms with Gasteiger partial charge in [0.15, 0.2) is 6.61 Å². The number of anilines is 1. The van der Waals surface area contributed by atoms with Crippen molar-refractivity contribution in [1.29, 1.82) is 0 Å². The molecule has 8 nitrogen and oxygen atoms in total. The number of benzene rings is 2. The topological polar surface area (TPSA) is 108 Å². The lowest BCUT2D eigenvalue weighted by atomic mass is 10.1. The van der Waals surface area contributed by atoms with Gasteiger partial charge in [-0.2, -0.15) is 0 Å². The van der Waals surface area contributed by atoms with Crippen LogP contribution in [-0.4, -0.2) is 30.5 Å². The highest BCUT2D eigenvalue weighted by atomic mass is 16.6. The number of hydrogen-bond donors (Lipinski definition) is 1. The number of amides is 1. The predicted octanol–water partition coefficient (Wildman–Crippen LogP) is 3.02. The molecular weight excluding hydrogens is 340 g/mol. The summed E-state index contributed by atoms with van der Waals surface area (Å²) in [7, 11) is 1.37. The lowest BCUT2D eigenvalue weighted by molar-refractivity contribution is -0.384. The molecule has 26 heavy (non-hydrogen) atoms. The van der Waals surface area contributed by atoms with E-state index in [2.05, 4.69) is 5.32 Å². The normalized spacial score (nSPS) is 10.1. The van der Waals surface area contributed by atoms with Gasteiger partial charge in [-0.15, -0.1) is 0 Å². The molecule has 1 amide bonds. The summed E-state index contributed by atoms with van der Waals surface area (Å²) in [5.41, 5.74) is 2.05. The summed E-state index contributed by atoms with van der Waals surface area (Å²) in [6.45, 7) is 3.15. The number of ether oxygens (including phenoxy) is 2. The zero-order valence-corrected chi connectivity index (χ0v) is 14.6. The molecule has 0 aliphatic rings. The fourth-order valence-corrected chi connectivity index (χ4v) is 2.34. The number of carbonyl (C=O) groups excluding carboxylic acids is 2. The molecule has 0 unspecified atom stereocenters. The summed E-state index contributed by atoms with van der Waals surface area (Å²) in [6, 6.07) is 9.05. The average molecular weight is 358 g/mol. The molecule has 0 heterocycles. The van der Waals surface area contributed by atoms with Crippen LogP contribution in [0.3, 0.4) is 0 Å². The van der Waals surface area contributed by atoms with Gasteiger partial charge in [0.1, 0.15) is 5.75 Å². The van der Waals surface area contributed by atoms with Gasteiger partial charge in [-0.1, -0.05) is 17.7 Å². The number of methoxy groups -OCH3 is 1. The van der Waals surface area contributed by atoms with E-state index in [1.807, 2.05) is 13.0 Å². The third-order valence-corrected chi connectivity index (χ3v) is 3.60. The van der Waals surface area contributed by atoms with Crippen molar-refractivity contribution in [2.75, 3.05) is 19.0 Å². The van der Waals surface area contributed by atoms with Gasteiger partial charge in [0, 0.05) is 12.1 Å². The molecule has 0 bridgehead atoms. The third kappa shape index (κ3) is 4.56. The predicted molar refractivity (Wildman–Crippen MR) is 94.5 cm³/mol. The maximum atomic E-state index is 12.1. The van der Waals surface area contributed by atoms with Crippen LogP contribution in [-0.2, 0) is 9.53 Å². The molecule has 8 heteroatoms. The number of nitrogens with one attached hydrogen (secondary N) is 1. The first-order chi connectivity index (χ1) is 12.3. The van der Waals surface area contributed by atoms with Gasteiger partial charge in [0.25, 0.3) is 11.6 Å². The number of nitro groups is 1. The Hall–Kier alpha value is -3.42. The van der Waals surface area contributed by atoms with E-state index >= 15 is 0 Å². The van der Waals surface area contributed by atoms with Crippen molar-refractivity contribution in [2.24, 2.45) is 0 Å². The second-order valence-corrected chi connectivity index (χ2v) is 5.58. The van der Waals surface area contributed by atoms with Crippen LogP contribution in [0.15, 0.2) is 36.4 Å². The van der Waals surface area contributed by atoms with Gasteiger partial charge in [-0.05, 0) is 31.5 Å². The van der Waals surface area contributed by atoms with Crippen molar-refractivity contribution in [3.8, 4) is 5.75 Å². The molecule has 2 aromatic carbocycles. The fourth-order valence-electron chi connectivity index (χ4n) is 2.34. The van der Waals surface area contributed by atoms with E-state index in [1.54, 1.807) is 19.1 Å². The molecular formula is C18H18N2O6. The van der Waals surface area contributed by atoms with E-state index in [9.17, 15) is 19.7 Å². The van der Waals surface area contributed by atoms with Gasteiger partial charge >= 0.3 is 5.97 Å². The van der Waals surface area contributed by atoms with E-state index in [-0.39, 0.29) is 17.1 Å². The van der Waals surface area contributed by atoms with Crippen LogP contribution in [0.25, 0.3) is 0 Å². The van der Waals surface area contributed by atoms with E-state index < -0.39 is 23.4 Å². The molecule has 0 radical (unpaired) electrons. The first kappa shape index (κ1) is 18.9. The van der Waals surface area contributed by atoms with E-state index in [0.717, 1.165) is 11.1 Å². The number of carbonyl (C=O) groups is 2. The van der Waals surface area contributed by atoms with Gasteiger partial charge in [-0.25, -0.2) is 4.79 Å². The van der Waals surface area contributed by atoms with Crippen molar-refractivity contribution >= 4 is 23.3 Å². The minimum Gasteiger partial charge on any atom is -0.495 e. The highest BCUT2D eigenvalue weighted by Crippen LogP contribution is 2.28. The van der Waals surface area contributed by atoms with E-state index in [4.69, 9.17) is 9.47 Å². The number of aryl methyl sites for hydroxylation is 2. The Morgan fingerprint density at radius 2 is 1.88 bits per heavy atom. The molecule has 136 valence electrons. The van der Waals surface area contributed by atoms with Crippen LogP contribution in [0.4, 0.5) is 11.4 Å². The van der Waals surface area contributed by atoms with Crippen LogP contribution >= 0.6 is 0 Å².